The number of hydrogen-bond donors (Lipinski definition) is 2. The molecule has 0 saturated heterocycles. The van der Waals surface area contributed by atoms with E-state index in [0.29, 0.717) is 10.6 Å². The summed E-state index contributed by atoms with van der Waals surface area (Å²) in [6.07, 6.45) is 0. The molecule has 0 radical (unpaired) electrons. The van der Waals surface area contributed by atoms with E-state index in [9.17, 15) is 9.59 Å². The van der Waals surface area contributed by atoms with Crippen LogP contribution in [-0.2, 0) is 4.79 Å². The van der Waals surface area contributed by atoms with Crippen molar-refractivity contribution in [3.63, 3.8) is 0 Å². The number of aryl methyl sites for hydroxylation is 1. The molecule has 20 heavy (non-hydrogen) atoms. The topological polar surface area (TPSA) is 85.1 Å². The molecule has 1 atom stereocenters. The number of thiazole rings is 1. The second-order valence-electron chi connectivity index (χ2n) is 4.11. The summed E-state index contributed by atoms with van der Waals surface area (Å²) in [4.78, 5) is 27.6. The maximum atomic E-state index is 12.0. The highest BCUT2D eigenvalue weighted by Crippen LogP contribution is 2.17. The Balaban J connectivity index is 2.20. The minimum absolute atomic E-state index is 0.271. The van der Waals surface area contributed by atoms with Gasteiger partial charge >= 0.3 is 0 Å². The summed E-state index contributed by atoms with van der Waals surface area (Å²) in [6.45, 7) is 1.80. The van der Waals surface area contributed by atoms with Gasteiger partial charge in [-0.3, -0.25) is 9.59 Å². The molecule has 1 unspecified atom stereocenters. The number of benzene rings is 1. The van der Waals surface area contributed by atoms with Crippen LogP contribution in [0.1, 0.15) is 27.1 Å². The first-order valence-corrected chi connectivity index (χ1v) is 7.01. The largest absolute Gasteiger partial charge is 0.368 e. The number of primary amides is 1. The maximum absolute atomic E-state index is 12.0. The van der Waals surface area contributed by atoms with Crippen LogP contribution in [0, 0.1) is 6.92 Å². The lowest BCUT2D eigenvalue weighted by atomic mass is 10.1. The Morgan fingerprint density at radius 3 is 2.50 bits per heavy atom. The number of amides is 2. The van der Waals surface area contributed by atoms with Crippen LogP contribution >= 0.6 is 22.9 Å². The number of aromatic nitrogens is 1. The first-order valence-electron chi connectivity index (χ1n) is 5.75. The Morgan fingerprint density at radius 1 is 1.35 bits per heavy atom. The second-order valence-corrected chi connectivity index (χ2v) is 5.61. The fraction of sp³-hybridized carbons (Fsp3) is 0.154. The van der Waals surface area contributed by atoms with Gasteiger partial charge in [0, 0.05) is 10.4 Å². The lowest BCUT2D eigenvalue weighted by Gasteiger charge is -2.15. The molecule has 0 fully saturated rings. The summed E-state index contributed by atoms with van der Waals surface area (Å²) in [5.74, 6) is -1.08. The van der Waals surface area contributed by atoms with Gasteiger partial charge in [-0.2, -0.15) is 0 Å². The zero-order chi connectivity index (χ0) is 14.7. The van der Waals surface area contributed by atoms with Crippen molar-refractivity contribution in [1.82, 2.24) is 10.3 Å². The average Bonchev–Trinajstić information content (AvgIpc) is 2.83. The van der Waals surface area contributed by atoms with Crippen molar-refractivity contribution in [2.45, 2.75) is 13.0 Å². The normalized spacial score (nSPS) is 11.9. The quantitative estimate of drug-likeness (QED) is 0.906. The summed E-state index contributed by atoms with van der Waals surface area (Å²) in [5.41, 5.74) is 6.18. The summed E-state index contributed by atoms with van der Waals surface area (Å²) in [6, 6.07) is 5.63. The zero-order valence-electron chi connectivity index (χ0n) is 10.6. The smallest absolute Gasteiger partial charge is 0.271 e. The van der Waals surface area contributed by atoms with Gasteiger partial charge in [0.25, 0.3) is 5.91 Å². The van der Waals surface area contributed by atoms with Crippen molar-refractivity contribution < 1.29 is 9.59 Å². The third kappa shape index (κ3) is 3.34. The molecular weight excluding hydrogens is 298 g/mol. The monoisotopic (exact) mass is 309 g/mol. The molecule has 1 aromatic heterocycles. The Morgan fingerprint density at radius 2 is 2.00 bits per heavy atom. The molecule has 1 heterocycles. The standard InChI is InChI=1S/C13H12ClN3O2S/c1-7-16-10(6-20-7)13(19)17-11(12(15)18)8-2-4-9(14)5-3-8/h2-6,11H,1H3,(H2,15,18)(H,17,19). The van der Waals surface area contributed by atoms with Gasteiger partial charge in [-0.15, -0.1) is 11.3 Å². The van der Waals surface area contributed by atoms with Crippen LogP contribution in [0.5, 0.6) is 0 Å². The van der Waals surface area contributed by atoms with Gasteiger partial charge in [0.15, 0.2) is 0 Å². The molecule has 5 nitrogen and oxygen atoms in total. The number of carbonyl (C=O) groups excluding carboxylic acids is 2. The van der Waals surface area contributed by atoms with Gasteiger partial charge in [0.05, 0.1) is 5.01 Å². The van der Waals surface area contributed by atoms with E-state index >= 15 is 0 Å². The number of nitrogens with zero attached hydrogens (tertiary/aromatic N) is 1. The fourth-order valence-corrected chi connectivity index (χ4v) is 2.37. The van der Waals surface area contributed by atoms with Crippen LogP contribution in [0.2, 0.25) is 5.02 Å². The third-order valence-electron chi connectivity index (χ3n) is 2.61. The third-order valence-corrected chi connectivity index (χ3v) is 3.64. The van der Waals surface area contributed by atoms with E-state index in [-0.39, 0.29) is 5.69 Å². The average molecular weight is 310 g/mol. The lowest BCUT2D eigenvalue weighted by Crippen LogP contribution is -2.37. The van der Waals surface area contributed by atoms with E-state index in [2.05, 4.69) is 10.3 Å². The molecule has 7 heteroatoms. The number of hydrogen-bond acceptors (Lipinski definition) is 4. The van der Waals surface area contributed by atoms with E-state index in [1.165, 1.54) is 11.3 Å². The van der Waals surface area contributed by atoms with Crippen LogP contribution in [0.15, 0.2) is 29.6 Å². The first kappa shape index (κ1) is 14.5. The van der Waals surface area contributed by atoms with E-state index < -0.39 is 17.9 Å². The van der Waals surface area contributed by atoms with Gasteiger partial charge in [0.1, 0.15) is 11.7 Å². The Labute approximate surface area is 124 Å². The predicted octanol–water partition coefficient (Wildman–Crippen LogP) is 2.06. The molecule has 0 spiro atoms. The van der Waals surface area contributed by atoms with E-state index in [0.717, 1.165) is 5.01 Å². The van der Waals surface area contributed by atoms with Crippen molar-refractivity contribution in [2.24, 2.45) is 5.73 Å². The number of carbonyl (C=O) groups is 2. The highest BCUT2D eigenvalue weighted by Gasteiger charge is 2.22. The van der Waals surface area contributed by atoms with Crippen molar-refractivity contribution in [3.8, 4) is 0 Å². The molecule has 2 amide bonds. The molecule has 2 aromatic rings. The molecule has 0 aliphatic heterocycles. The van der Waals surface area contributed by atoms with Crippen molar-refractivity contribution in [3.05, 3.63) is 50.9 Å². The molecule has 1 aromatic carbocycles. The number of rotatable bonds is 4. The summed E-state index contributed by atoms with van der Waals surface area (Å²) < 4.78 is 0. The summed E-state index contributed by atoms with van der Waals surface area (Å²) >= 11 is 7.15. The Hall–Kier alpha value is -1.92. The van der Waals surface area contributed by atoms with E-state index in [1.807, 2.05) is 0 Å². The summed E-state index contributed by atoms with van der Waals surface area (Å²) in [5, 5.41) is 5.51. The fourth-order valence-electron chi connectivity index (χ4n) is 1.65. The Kier molecular flexibility index (Phi) is 4.36. The van der Waals surface area contributed by atoms with Crippen LogP contribution in [0.25, 0.3) is 0 Å². The van der Waals surface area contributed by atoms with Crippen LogP contribution in [-0.4, -0.2) is 16.8 Å². The molecule has 0 aliphatic carbocycles. The zero-order valence-corrected chi connectivity index (χ0v) is 12.2. The minimum Gasteiger partial charge on any atom is -0.368 e. The molecule has 0 saturated carbocycles. The highest BCUT2D eigenvalue weighted by molar-refractivity contribution is 7.09. The molecule has 104 valence electrons. The maximum Gasteiger partial charge on any atom is 0.271 e. The van der Waals surface area contributed by atoms with Crippen LogP contribution < -0.4 is 11.1 Å². The highest BCUT2D eigenvalue weighted by atomic mass is 35.5. The van der Waals surface area contributed by atoms with Gasteiger partial charge in [-0.05, 0) is 24.6 Å². The minimum atomic E-state index is -0.915. The van der Waals surface area contributed by atoms with Gasteiger partial charge in [0.2, 0.25) is 5.91 Å². The van der Waals surface area contributed by atoms with E-state index in [1.54, 1.807) is 36.6 Å². The van der Waals surface area contributed by atoms with E-state index in [4.69, 9.17) is 17.3 Å². The number of halogens is 1. The SMILES string of the molecule is Cc1nc(C(=O)NC(C(N)=O)c2ccc(Cl)cc2)cs1. The van der Waals surface area contributed by atoms with Gasteiger partial charge in [-0.1, -0.05) is 23.7 Å². The molecule has 0 bridgehead atoms. The number of nitrogens with one attached hydrogen (secondary N) is 1. The molecule has 2 rings (SSSR count). The molecular formula is C13H12ClN3O2S. The molecule has 3 N–H and O–H groups in total. The molecule has 0 aliphatic rings. The van der Waals surface area contributed by atoms with Crippen molar-refractivity contribution in [1.29, 1.82) is 0 Å². The van der Waals surface area contributed by atoms with Gasteiger partial charge < -0.3 is 11.1 Å². The van der Waals surface area contributed by atoms with Crippen LogP contribution in [0.3, 0.4) is 0 Å². The first-order chi connectivity index (χ1) is 9.47. The summed E-state index contributed by atoms with van der Waals surface area (Å²) in [7, 11) is 0. The van der Waals surface area contributed by atoms with Crippen LogP contribution in [0.4, 0.5) is 0 Å². The predicted molar refractivity (Wildman–Crippen MR) is 77.7 cm³/mol. The lowest BCUT2D eigenvalue weighted by molar-refractivity contribution is -0.120. The van der Waals surface area contributed by atoms with Crippen molar-refractivity contribution in [2.75, 3.05) is 0 Å². The second kappa shape index (κ2) is 6.02. The number of nitrogens with two attached hydrogens (primary N) is 1. The van der Waals surface area contributed by atoms with Crippen molar-refractivity contribution >= 4 is 34.8 Å². The Bertz CT molecular complexity index is 639. The van der Waals surface area contributed by atoms with Gasteiger partial charge in [-0.25, -0.2) is 4.98 Å².